The molecule has 106 valence electrons. The average molecular weight is 256 g/mol. The van der Waals surface area contributed by atoms with Gasteiger partial charge in [-0.2, -0.15) is 0 Å². The maximum Gasteiger partial charge on any atom is 0.101 e. The minimum absolute atomic E-state index is 0.00981. The Kier molecular flexibility index (Phi) is 8.98. The molecule has 0 saturated heterocycles. The summed E-state index contributed by atoms with van der Waals surface area (Å²) >= 11 is 0. The molecule has 3 heteroatoms. The average Bonchev–Trinajstić information content (AvgIpc) is 2.29. The predicted octanol–water partition coefficient (Wildman–Crippen LogP) is 2.80. The van der Waals surface area contributed by atoms with Gasteiger partial charge in [-0.3, -0.25) is 0 Å². The van der Waals surface area contributed by atoms with Crippen molar-refractivity contribution in [2.75, 3.05) is 20.3 Å². The highest BCUT2D eigenvalue weighted by Crippen LogP contribution is 2.14. The van der Waals surface area contributed by atoms with Crippen LogP contribution in [0.15, 0.2) is 24.3 Å². The van der Waals surface area contributed by atoms with Gasteiger partial charge in [-0.15, -0.1) is 6.58 Å². The minimum Gasteiger partial charge on any atom is -0.389 e. The normalized spacial score (nSPS) is 17.6. The van der Waals surface area contributed by atoms with E-state index in [0.717, 1.165) is 12.2 Å². The molecule has 0 aliphatic heterocycles. The van der Waals surface area contributed by atoms with E-state index in [2.05, 4.69) is 20.4 Å². The summed E-state index contributed by atoms with van der Waals surface area (Å²) in [6.45, 7) is 13.2. The summed E-state index contributed by atoms with van der Waals surface area (Å²) in [6, 6.07) is 0. The van der Waals surface area contributed by atoms with E-state index >= 15 is 0 Å². The Morgan fingerprint density at radius 2 is 1.94 bits per heavy atom. The van der Waals surface area contributed by atoms with Gasteiger partial charge in [0, 0.05) is 19.6 Å². The number of hydrogen-bond donors (Lipinski definition) is 1. The molecule has 0 heterocycles. The highest BCUT2D eigenvalue weighted by molar-refractivity contribution is 5.04. The van der Waals surface area contributed by atoms with Gasteiger partial charge in [0.25, 0.3) is 0 Å². The molecule has 18 heavy (non-hydrogen) atoms. The molecule has 3 atom stereocenters. The van der Waals surface area contributed by atoms with Gasteiger partial charge in [0.1, 0.15) is 6.10 Å². The Hall–Kier alpha value is -0.640. The zero-order valence-corrected chi connectivity index (χ0v) is 12.3. The van der Waals surface area contributed by atoms with Gasteiger partial charge in [0.2, 0.25) is 0 Å². The molecule has 0 radical (unpaired) electrons. The lowest BCUT2D eigenvalue weighted by Gasteiger charge is -2.22. The lowest BCUT2D eigenvalue weighted by Crippen LogP contribution is -2.31. The monoisotopic (exact) mass is 256 g/mol. The summed E-state index contributed by atoms with van der Waals surface area (Å²) in [6.07, 6.45) is 2.74. The smallest absolute Gasteiger partial charge is 0.101 e. The fourth-order valence-corrected chi connectivity index (χ4v) is 1.73. The third-order valence-electron chi connectivity index (χ3n) is 2.71. The predicted molar refractivity (Wildman–Crippen MR) is 75.6 cm³/mol. The van der Waals surface area contributed by atoms with Gasteiger partial charge >= 0.3 is 0 Å². The molecular formula is C15H28O3. The molecule has 0 aromatic heterocycles. The van der Waals surface area contributed by atoms with Gasteiger partial charge < -0.3 is 14.6 Å². The van der Waals surface area contributed by atoms with Crippen molar-refractivity contribution in [1.82, 2.24) is 0 Å². The van der Waals surface area contributed by atoms with Crippen molar-refractivity contribution in [3.63, 3.8) is 0 Å². The first-order valence-corrected chi connectivity index (χ1v) is 6.50. The van der Waals surface area contributed by atoms with E-state index in [9.17, 15) is 5.11 Å². The van der Waals surface area contributed by atoms with E-state index in [1.165, 1.54) is 0 Å². The number of hydrogen-bond acceptors (Lipinski definition) is 3. The van der Waals surface area contributed by atoms with Crippen LogP contribution in [0.4, 0.5) is 0 Å². The van der Waals surface area contributed by atoms with E-state index in [4.69, 9.17) is 9.47 Å². The zero-order chi connectivity index (χ0) is 14.1. The standard InChI is InChI=1S/C15H28O3/c1-7-14(17-6)15(16)13(5)8-12(4)10-18-9-11(2)3/h7-8,11,13-16H,1,9-10H2,2-6H3/b12-8-/t13-,14+,15+/m1/s1. The maximum atomic E-state index is 10.1. The molecule has 0 saturated carbocycles. The number of aliphatic hydroxyl groups is 1. The molecule has 0 fully saturated rings. The quantitative estimate of drug-likeness (QED) is 0.645. The first kappa shape index (κ1) is 17.4. The lowest BCUT2D eigenvalue weighted by molar-refractivity contribution is -0.00171. The molecule has 0 aliphatic carbocycles. The minimum atomic E-state index is -0.576. The van der Waals surface area contributed by atoms with Crippen LogP contribution in [0.1, 0.15) is 27.7 Å². The Morgan fingerprint density at radius 1 is 1.33 bits per heavy atom. The highest BCUT2D eigenvalue weighted by atomic mass is 16.5. The summed E-state index contributed by atoms with van der Waals surface area (Å²) in [5.41, 5.74) is 1.13. The maximum absolute atomic E-state index is 10.1. The molecule has 0 aromatic rings. The topological polar surface area (TPSA) is 38.7 Å². The Balaban J connectivity index is 4.24. The van der Waals surface area contributed by atoms with Crippen molar-refractivity contribution in [3.05, 3.63) is 24.3 Å². The molecular weight excluding hydrogens is 228 g/mol. The van der Waals surface area contributed by atoms with Crippen molar-refractivity contribution < 1.29 is 14.6 Å². The van der Waals surface area contributed by atoms with Crippen molar-refractivity contribution in [2.24, 2.45) is 11.8 Å². The van der Waals surface area contributed by atoms with Gasteiger partial charge in [-0.05, 0) is 12.8 Å². The van der Waals surface area contributed by atoms with Crippen molar-refractivity contribution in [2.45, 2.75) is 39.9 Å². The lowest BCUT2D eigenvalue weighted by atomic mass is 9.97. The van der Waals surface area contributed by atoms with Gasteiger partial charge in [0.15, 0.2) is 0 Å². The summed E-state index contributed by atoms with van der Waals surface area (Å²) in [5, 5.41) is 10.1. The second-order valence-corrected chi connectivity index (χ2v) is 5.21. The SMILES string of the molecule is C=C[C@H](OC)[C@@H](O)[C@H](C)/C=C(/C)COCC(C)C. The molecule has 3 nitrogen and oxygen atoms in total. The molecule has 0 amide bonds. The second kappa shape index (κ2) is 9.31. The Morgan fingerprint density at radius 3 is 2.39 bits per heavy atom. The molecule has 0 aromatic carbocycles. The van der Waals surface area contributed by atoms with Crippen molar-refractivity contribution in [3.8, 4) is 0 Å². The molecule has 0 bridgehead atoms. The van der Waals surface area contributed by atoms with Crippen LogP contribution in [0, 0.1) is 11.8 Å². The van der Waals surface area contributed by atoms with Crippen LogP contribution in [-0.2, 0) is 9.47 Å². The third kappa shape index (κ3) is 6.94. The fraction of sp³-hybridized carbons (Fsp3) is 0.733. The first-order chi connectivity index (χ1) is 8.42. The third-order valence-corrected chi connectivity index (χ3v) is 2.71. The van der Waals surface area contributed by atoms with Crippen molar-refractivity contribution >= 4 is 0 Å². The van der Waals surface area contributed by atoms with E-state index < -0.39 is 6.10 Å². The van der Waals surface area contributed by atoms with Gasteiger partial charge in [0.05, 0.1) is 12.7 Å². The second-order valence-electron chi connectivity index (χ2n) is 5.21. The molecule has 0 spiro atoms. The van der Waals surface area contributed by atoms with Crippen LogP contribution in [0.3, 0.4) is 0 Å². The molecule has 1 N–H and O–H groups in total. The van der Waals surface area contributed by atoms with Crippen LogP contribution in [0.2, 0.25) is 0 Å². The van der Waals surface area contributed by atoms with Crippen LogP contribution < -0.4 is 0 Å². The van der Waals surface area contributed by atoms with Gasteiger partial charge in [-0.1, -0.05) is 38.5 Å². The Bertz CT molecular complexity index is 258. The van der Waals surface area contributed by atoms with E-state index in [1.807, 2.05) is 19.9 Å². The highest BCUT2D eigenvalue weighted by Gasteiger charge is 2.20. The molecule has 0 unspecified atom stereocenters. The summed E-state index contributed by atoms with van der Waals surface area (Å²) < 4.78 is 10.7. The van der Waals surface area contributed by atoms with E-state index in [1.54, 1.807) is 13.2 Å². The molecule has 0 aliphatic rings. The van der Waals surface area contributed by atoms with Crippen LogP contribution in [-0.4, -0.2) is 37.6 Å². The Labute approximate surface area is 111 Å². The summed E-state index contributed by atoms with van der Waals surface area (Å²) in [4.78, 5) is 0. The summed E-state index contributed by atoms with van der Waals surface area (Å²) in [5.74, 6) is 0.551. The zero-order valence-electron chi connectivity index (χ0n) is 12.3. The van der Waals surface area contributed by atoms with Crippen molar-refractivity contribution in [1.29, 1.82) is 0 Å². The fourth-order valence-electron chi connectivity index (χ4n) is 1.73. The summed E-state index contributed by atoms with van der Waals surface area (Å²) in [7, 11) is 1.57. The van der Waals surface area contributed by atoms with E-state index in [0.29, 0.717) is 12.5 Å². The largest absolute Gasteiger partial charge is 0.389 e. The van der Waals surface area contributed by atoms with E-state index in [-0.39, 0.29) is 12.0 Å². The van der Waals surface area contributed by atoms with Gasteiger partial charge in [-0.25, -0.2) is 0 Å². The number of ether oxygens (including phenoxy) is 2. The first-order valence-electron chi connectivity index (χ1n) is 6.50. The number of aliphatic hydroxyl groups excluding tert-OH is 1. The van der Waals surface area contributed by atoms with Crippen LogP contribution in [0.25, 0.3) is 0 Å². The molecule has 0 rings (SSSR count). The number of methoxy groups -OCH3 is 1. The van der Waals surface area contributed by atoms with Crippen LogP contribution in [0.5, 0.6) is 0 Å². The number of rotatable bonds is 9. The van der Waals surface area contributed by atoms with Crippen LogP contribution >= 0.6 is 0 Å².